The van der Waals surface area contributed by atoms with Gasteiger partial charge in [0, 0.05) is 44.6 Å². The molecule has 0 aliphatic carbocycles. The number of hydrogen-bond acceptors (Lipinski definition) is 6. The molecule has 2 aliphatic heterocycles. The first kappa shape index (κ1) is 19.6. The highest BCUT2D eigenvalue weighted by molar-refractivity contribution is 7.99. The molecule has 2 fully saturated rings. The minimum absolute atomic E-state index is 0.173. The number of aliphatic hydroxyl groups is 1. The van der Waals surface area contributed by atoms with E-state index in [0.29, 0.717) is 12.3 Å². The highest BCUT2D eigenvalue weighted by atomic mass is 32.2. The highest BCUT2D eigenvalue weighted by Gasteiger charge is 2.45. The van der Waals surface area contributed by atoms with Gasteiger partial charge in [0.05, 0.1) is 17.1 Å². The van der Waals surface area contributed by atoms with E-state index in [1.165, 1.54) is 0 Å². The lowest BCUT2D eigenvalue weighted by Crippen LogP contribution is -2.54. The van der Waals surface area contributed by atoms with Gasteiger partial charge in [0.2, 0.25) is 5.91 Å². The molecule has 1 aromatic rings. The van der Waals surface area contributed by atoms with E-state index in [0.717, 1.165) is 56.8 Å². The molecule has 1 N–H and O–H groups in total. The Morgan fingerprint density at radius 3 is 2.62 bits per heavy atom. The summed E-state index contributed by atoms with van der Waals surface area (Å²) >= 11 is 1.57. The average Bonchev–Trinajstić information content (AvgIpc) is 2.66. The molecule has 1 aromatic heterocycles. The first-order valence-electron chi connectivity index (χ1n) is 9.44. The van der Waals surface area contributed by atoms with Crippen molar-refractivity contribution in [1.82, 2.24) is 19.8 Å². The van der Waals surface area contributed by atoms with Gasteiger partial charge in [-0.15, -0.1) is 0 Å². The number of aromatic nitrogens is 2. The highest BCUT2D eigenvalue weighted by Crippen LogP contribution is 2.45. The summed E-state index contributed by atoms with van der Waals surface area (Å²) in [6.45, 7) is 6.61. The quantitative estimate of drug-likeness (QED) is 0.839. The Balaban J connectivity index is 1.59. The van der Waals surface area contributed by atoms with Gasteiger partial charge in [-0.3, -0.25) is 19.7 Å². The number of thioether (sulfide) groups is 1. The van der Waals surface area contributed by atoms with Crippen molar-refractivity contribution in [2.75, 3.05) is 44.8 Å². The summed E-state index contributed by atoms with van der Waals surface area (Å²) in [4.78, 5) is 25.4. The van der Waals surface area contributed by atoms with Crippen LogP contribution in [0.5, 0.6) is 0 Å². The van der Waals surface area contributed by atoms with E-state index in [9.17, 15) is 9.90 Å². The zero-order chi connectivity index (χ0) is 18.6. The Morgan fingerprint density at radius 1 is 1.27 bits per heavy atom. The van der Waals surface area contributed by atoms with Gasteiger partial charge in [0.25, 0.3) is 0 Å². The molecule has 26 heavy (non-hydrogen) atoms. The first-order chi connectivity index (χ1) is 12.6. The average molecular weight is 379 g/mol. The lowest BCUT2D eigenvalue weighted by Gasteiger charge is -2.51. The summed E-state index contributed by atoms with van der Waals surface area (Å²) in [7, 11) is 0. The third-order valence-corrected chi connectivity index (χ3v) is 6.77. The van der Waals surface area contributed by atoms with Crippen LogP contribution < -0.4 is 0 Å². The molecule has 0 unspecified atom stereocenters. The molecule has 1 atom stereocenters. The van der Waals surface area contributed by atoms with Crippen LogP contribution in [0.3, 0.4) is 0 Å². The van der Waals surface area contributed by atoms with Crippen LogP contribution in [0.15, 0.2) is 12.4 Å². The van der Waals surface area contributed by atoms with Crippen molar-refractivity contribution < 1.29 is 9.90 Å². The Labute approximate surface area is 160 Å². The summed E-state index contributed by atoms with van der Waals surface area (Å²) in [5.74, 6) is 0.944. The second kappa shape index (κ2) is 8.67. The number of carbonyl (C=O) groups is 1. The maximum atomic E-state index is 12.2. The lowest BCUT2D eigenvalue weighted by molar-refractivity contribution is -0.135. The monoisotopic (exact) mass is 378 g/mol. The summed E-state index contributed by atoms with van der Waals surface area (Å²) in [6, 6.07) is 0. The van der Waals surface area contributed by atoms with Gasteiger partial charge < -0.3 is 10.0 Å². The Bertz CT molecular complexity index is 619. The number of rotatable bonds is 5. The van der Waals surface area contributed by atoms with E-state index < -0.39 is 0 Å². The number of hydrogen-bond donors (Lipinski definition) is 1. The summed E-state index contributed by atoms with van der Waals surface area (Å²) in [5, 5.41) is 10.0. The SMILES string of the molecule is CSCC(=O)N1CCC2(CCN(Cc3nccnc3C)CC2)[C@H](CO)C1. The molecule has 7 heteroatoms. The van der Waals surface area contributed by atoms with E-state index >= 15 is 0 Å². The van der Waals surface area contributed by atoms with Crippen LogP contribution in [0.4, 0.5) is 0 Å². The van der Waals surface area contributed by atoms with Gasteiger partial charge in [-0.2, -0.15) is 11.8 Å². The number of aryl methyl sites for hydroxylation is 1. The van der Waals surface area contributed by atoms with Gasteiger partial charge in [-0.05, 0) is 50.9 Å². The zero-order valence-electron chi connectivity index (χ0n) is 15.9. The maximum absolute atomic E-state index is 12.2. The molecule has 144 valence electrons. The van der Waals surface area contributed by atoms with Gasteiger partial charge in [0.1, 0.15) is 0 Å². The van der Waals surface area contributed by atoms with Crippen molar-refractivity contribution in [3.63, 3.8) is 0 Å². The van der Waals surface area contributed by atoms with Crippen LogP contribution in [-0.4, -0.2) is 75.6 Å². The predicted molar refractivity (Wildman–Crippen MR) is 104 cm³/mol. The molecular weight excluding hydrogens is 348 g/mol. The van der Waals surface area contributed by atoms with E-state index in [2.05, 4.69) is 14.9 Å². The smallest absolute Gasteiger partial charge is 0.232 e. The molecule has 0 saturated carbocycles. The van der Waals surface area contributed by atoms with Crippen LogP contribution in [-0.2, 0) is 11.3 Å². The standard InChI is InChI=1S/C19H30N4O2S/c1-15-17(21-7-6-20-15)12-22-8-3-19(4-9-22)5-10-23(11-16(19)13-24)18(25)14-26-2/h6-7,16,24H,3-5,8-14H2,1-2H3/t16-/m0/s1. The van der Waals surface area contributed by atoms with E-state index in [-0.39, 0.29) is 23.8 Å². The number of amides is 1. The second-order valence-electron chi connectivity index (χ2n) is 7.63. The number of likely N-dealkylation sites (tertiary alicyclic amines) is 2. The minimum atomic E-state index is 0.173. The van der Waals surface area contributed by atoms with Crippen LogP contribution in [0.1, 0.15) is 30.7 Å². The summed E-state index contributed by atoms with van der Waals surface area (Å²) < 4.78 is 0. The fourth-order valence-electron chi connectivity index (χ4n) is 4.42. The number of carbonyl (C=O) groups excluding carboxylic acids is 1. The normalized spacial score (nSPS) is 23.3. The summed E-state index contributed by atoms with van der Waals surface area (Å²) in [5.41, 5.74) is 2.24. The Kier molecular flexibility index (Phi) is 6.53. The Hall–Kier alpha value is -1.18. The minimum Gasteiger partial charge on any atom is -0.396 e. The topological polar surface area (TPSA) is 69.6 Å². The van der Waals surface area contributed by atoms with Crippen molar-refractivity contribution in [1.29, 1.82) is 0 Å². The summed E-state index contributed by atoms with van der Waals surface area (Å²) in [6.07, 6.45) is 8.64. The number of nitrogens with zero attached hydrogens (tertiary/aromatic N) is 4. The molecule has 2 saturated heterocycles. The fourth-order valence-corrected chi connectivity index (χ4v) is 4.85. The van der Waals surface area contributed by atoms with Gasteiger partial charge in [0.15, 0.2) is 0 Å². The van der Waals surface area contributed by atoms with Crippen LogP contribution in [0.2, 0.25) is 0 Å². The molecule has 0 radical (unpaired) electrons. The largest absolute Gasteiger partial charge is 0.396 e. The van der Waals surface area contributed by atoms with Crippen molar-refractivity contribution in [3.8, 4) is 0 Å². The molecule has 6 nitrogen and oxygen atoms in total. The molecular formula is C19H30N4O2S. The zero-order valence-corrected chi connectivity index (χ0v) is 16.7. The van der Waals surface area contributed by atoms with E-state index in [1.807, 2.05) is 18.1 Å². The first-order valence-corrected chi connectivity index (χ1v) is 10.8. The van der Waals surface area contributed by atoms with E-state index in [1.54, 1.807) is 24.2 Å². The molecule has 1 spiro atoms. The third kappa shape index (κ3) is 4.21. The fraction of sp³-hybridized carbons (Fsp3) is 0.737. The van der Waals surface area contributed by atoms with Crippen LogP contribution in [0, 0.1) is 18.3 Å². The maximum Gasteiger partial charge on any atom is 0.232 e. The van der Waals surface area contributed by atoms with Crippen molar-refractivity contribution in [2.24, 2.45) is 11.3 Å². The predicted octanol–water partition coefficient (Wildman–Crippen LogP) is 1.57. The van der Waals surface area contributed by atoms with Gasteiger partial charge in [-0.25, -0.2) is 0 Å². The third-order valence-electron chi connectivity index (χ3n) is 6.24. The van der Waals surface area contributed by atoms with Crippen molar-refractivity contribution >= 4 is 17.7 Å². The molecule has 0 bridgehead atoms. The molecule has 2 aliphatic rings. The van der Waals surface area contributed by atoms with Crippen molar-refractivity contribution in [3.05, 3.63) is 23.8 Å². The van der Waals surface area contributed by atoms with E-state index in [4.69, 9.17) is 0 Å². The van der Waals surface area contributed by atoms with Crippen molar-refractivity contribution in [2.45, 2.75) is 32.7 Å². The van der Waals surface area contributed by atoms with Gasteiger partial charge >= 0.3 is 0 Å². The number of aliphatic hydroxyl groups excluding tert-OH is 1. The van der Waals surface area contributed by atoms with Crippen LogP contribution in [0.25, 0.3) is 0 Å². The number of piperidine rings is 2. The second-order valence-corrected chi connectivity index (χ2v) is 8.50. The molecule has 3 rings (SSSR count). The molecule has 0 aromatic carbocycles. The Morgan fingerprint density at radius 2 is 1.96 bits per heavy atom. The van der Waals surface area contributed by atoms with Gasteiger partial charge in [-0.1, -0.05) is 0 Å². The molecule has 3 heterocycles. The van der Waals surface area contributed by atoms with Crippen LogP contribution >= 0.6 is 11.8 Å². The lowest BCUT2D eigenvalue weighted by atomic mass is 9.64. The molecule has 1 amide bonds.